The van der Waals surface area contributed by atoms with Crippen molar-refractivity contribution in [1.29, 1.82) is 0 Å². The SMILES string of the molecule is CC(CSc1ccc(Br)s1)C(=O)O. The summed E-state index contributed by atoms with van der Waals surface area (Å²) in [6.07, 6.45) is 0. The van der Waals surface area contributed by atoms with Gasteiger partial charge in [0.1, 0.15) is 0 Å². The van der Waals surface area contributed by atoms with Crippen LogP contribution in [0.25, 0.3) is 0 Å². The molecule has 0 aromatic carbocycles. The molecule has 1 unspecified atom stereocenters. The van der Waals surface area contributed by atoms with E-state index in [9.17, 15) is 4.79 Å². The number of aliphatic carboxylic acids is 1. The Balaban J connectivity index is 2.39. The fourth-order valence-electron chi connectivity index (χ4n) is 0.654. The molecule has 0 aliphatic heterocycles. The van der Waals surface area contributed by atoms with E-state index in [1.807, 2.05) is 12.1 Å². The van der Waals surface area contributed by atoms with Crippen molar-refractivity contribution < 1.29 is 9.90 Å². The molecule has 0 aliphatic carbocycles. The van der Waals surface area contributed by atoms with Crippen molar-refractivity contribution in [1.82, 2.24) is 0 Å². The Kier molecular flexibility index (Phi) is 4.28. The van der Waals surface area contributed by atoms with Crippen molar-refractivity contribution in [3.8, 4) is 0 Å². The van der Waals surface area contributed by atoms with E-state index in [0.717, 1.165) is 8.00 Å². The topological polar surface area (TPSA) is 37.3 Å². The minimum atomic E-state index is -0.733. The van der Waals surface area contributed by atoms with E-state index in [2.05, 4.69) is 15.9 Å². The van der Waals surface area contributed by atoms with E-state index in [-0.39, 0.29) is 5.92 Å². The van der Waals surface area contributed by atoms with Gasteiger partial charge in [-0.05, 0) is 28.1 Å². The highest BCUT2D eigenvalue weighted by atomic mass is 79.9. The van der Waals surface area contributed by atoms with Crippen LogP contribution >= 0.6 is 39.0 Å². The van der Waals surface area contributed by atoms with Gasteiger partial charge in [-0.2, -0.15) is 0 Å². The normalized spacial score (nSPS) is 12.8. The second-order valence-corrected chi connectivity index (χ2v) is 6.39. The van der Waals surface area contributed by atoms with E-state index in [1.54, 1.807) is 30.0 Å². The number of hydrogen-bond donors (Lipinski definition) is 1. The molecule has 5 heteroatoms. The summed E-state index contributed by atoms with van der Waals surface area (Å²) < 4.78 is 2.23. The molecule has 1 heterocycles. The molecular weight excluding hydrogens is 272 g/mol. The van der Waals surface area contributed by atoms with Gasteiger partial charge in [0.2, 0.25) is 0 Å². The molecule has 0 spiro atoms. The lowest BCUT2D eigenvalue weighted by molar-refractivity contribution is -0.140. The van der Waals surface area contributed by atoms with Crippen LogP contribution in [0.5, 0.6) is 0 Å². The molecule has 0 amide bonds. The highest BCUT2D eigenvalue weighted by Crippen LogP contribution is 2.31. The summed E-state index contributed by atoms with van der Waals surface area (Å²) in [6, 6.07) is 3.96. The molecule has 72 valence electrons. The zero-order valence-electron chi connectivity index (χ0n) is 6.99. The molecule has 0 aliphatic rings. The molecule has 1 rings (SSSR count). The van der Waals surface area contributed by atoms with Crippen LogP contribution in [0.2, 0.25) is 0 Å². The van der Waals surface area contributed by atoms with Crippen molar-refractivity contribution in [2.45, 2.75) is 11.1 Å². The van der Waals surface area contributed by atoms with Crippen LogP contribution in [0, 0.1) is 5.92 Å². The molecule has 2 nitrogen and oxygen atoms in total. The van der Waals surface area contributed by atoms with Gasteiger partial charge < -0.3 is 5.11 Å². The zero-order valence-corrected chi connectivity index (χ0v) is 10.2. The van der Waals surface area contributed by atoms with Crippen molar-refractivity contribution in [3.05, 3.63) is 15.9 Å². The average Bonchev–Trinajstić information content (AvgIpc) is 2.47. The summed E-state index contributed by atoms with van der Waals surface area (Å²) in [5, 5.41) is 8.65. The maximum Gasteiger partial charge on any atom is 0.307 e. The molecule has 1 atom stereocenters. The van der Waals surface area contributed by atoms with E-state index >= 15 is 0 Å². The van der Waals surface area contributed by atoms with Crippen LogP contribution in [-0.2, 0) is 4.79 Å². The number of thioether (sulfide) groups is 1. The van der Waals surface area contributed by atoms with E-state index in [1.165, 1.54) is 0 Å². The predicted octanol–water partition coefficient (Wildman–Crippen LogP) is 3.32. The Morgan fingerprint density at radius 3 is 2.92 bits per heavy atom. The summed E-state index contributed by atoms with van der Waals surface area (Å²) in [5.41, 5.74) is 0. The zero-order chi connectivity index (χ0) is 9.84. The quantitative estimate of drug-likeness (QED) is 0.860. The first kappa shape index (κ1) is 11.1. The Bertz CT molecular complexity index is 298. The minimum Gasteiger partial charge on any atom is -0.481 e. The number of carbonyl (C=O) groups is 1. The van der Waals surface area contributed by atoms with Gasteiger partial charge in [-0.1, -0.05) is 6.92 Å². The van der Waals surface area contributed by atoms with Crippen molar-refractivity contribution >= 4 is 45.0 Å². The molecule has 0 fully saturated rings. The lowest BCUT2D eigenvalue weighted by atomic mass is 10.2. The number of thiophene rings is 1. The lowest BCUT2D eigenvalue weighted by Gasteiger charge is -2.02. The van der Waals surface area contributed by atoms with Crippen LogP contribution in [0.4, 0.5) is 0 Å². The van der Waals surface area contributed by atoms with Gasteiger partial charge in [0.05, 0.1) is 13.9 Å². The smallest absolute Gasteiger partial charge is 0.307 e. The lowest BCUT2D eigenvalue weighted by Crippen LogP contribution is -2.11. The van der Waals surface area contributed by atoms with Gasteiger partial charge in [0.15, 0.2) is 0 Å². The average molecular weight is 281 g/mol. The molecule has 13 heavy (non-hydrogen) atoms. The molecule has 0 bridgehead atoms. The third kappa shape index (κ3) is 3.70. The Morgan fingerprint density at radius 1 is 1.77 bits per heavy atom. The Labute approximate surface area is 93.5 Å². The summed E-state index contributed by atoms with van der Waals surface area (Å²) >= 11 is 6.57. The van der Waals surface area contributed by atoms with Crippen LogP contribution in [0.1, 0.15) is 6.92 Å². The van der Waals surface area contributed by atoms with Crippen molar-refractivity contribution in [3.63, 3.8) is 0 Å². The van der Waals surface area contributed by atoms with Gasteiger partial charge >= 0.3 is 5.97 Å². The summed E-state index contributed by atoms with van der Waals surface area (Å²) in [4.78, 5) is 10.5. The Hall–Kier alpha value is -0.000000000000000111. The van der Waals surface area contributed by atoms with Crippen molar-refractivity contribution in [2.75, 3.05) is 5.75 Å². The second-order valence-electron chi connectivity index (χ2n) is 2.61. The van der Waals surface area contributed by atoms with Gasteiger partial charge in [-0.15, -0.1) is 23.1 Å². The summed E-state index contributed by atoms with van der Waals surface area (Å²) in [7, 11) is 0. The third-order valence-electron chi connectivity index (χ3n) is 1.45. The molecule has 1 aromatic heterocycles. The number of halogens is 1. The standard InChI is InChI=1S/C8H9BrO2S2/c1-5(8(10)11)4-12-7-3-2-6(9)13-7/h2-3,5H,4H2,1H3,(H,10,11). The van der Waals surface area contributed by atoms with Gasteiger partial charge in [0, 0.05) is 5.75 Å². The van der Waals surface area contributed by atoms with E-state index in [0.29, 0.717) is 5.75 Å². The summed E-state index contributed by atoms with van der Waals surface area (Å²) in [6.45, 7) is 1.72. The molecule has 1 N–H and O–H groups in total. The molecule has 0 saturated heterocycles. The highest BCUT2D eigenvalue weighted by Gasteiger charge is 2.11. The van der Waals surface area contributed by atoms with E-state index < -0.39 is 5.97 Å². The number of carboxylic acid groups (broad SMARTS) is 1. The first-order valence-electron chi connectivity index (χ1n) is 3.70. The van der Waals surface area contributed by atoms with Crippen LogP contribution < -0.4 is 0 Å². The van der Waals surface area contributed by atoms with Gasteiger partial charge in [-0.25, -0.2) is 0 Å². The Morgan fingerprint density at radius 2 is 2.46 bits per heavy atom. The van der Waals surface area contributed by atoms with Gasteiger partial charge in [-0.3, -0.25) is 4.79 Å². The molecular formula is C8H9BrO2S2. The molecule has 1 aromatic rings. The maximum atomic E-state index is 10.5. The maximum absolute atomic E-state index is 10.5. The number of carboxylic acids is 1. The second kappa shape index (κ2) is 5.02. The molecule has 0 radical (unpaired) electrons. The largest absolute Gasteiger partial charge is 0.481 e. The van der Waals surface area contributed by atoms with E-state index in [4.69, 9.17) is 5.11 Å². The third-order valence-corrected chi connectivity index (χ3v) is 4.55. The van der Waals surface area contributed by atoms with Crippen molar-refractivity contribution in [2.24, 2.45) is 5.92 Å². The van der Waals surface area contributed by atoms with Crippen LogP contribution in [-0.4, -0.2) is 16.8 Å². The number of rotatable bonds is 4. The highest BCUT2D eigenvalue weighted by molar-refractivity contribution is 9.11. The minimum absolute atomic E-state index is 0.286. The summed E-state index contributed by atoms with van der Waals surface area (Å²) in [5.74, 6) is -0.392. The molecule has 0 saturated carbocycles. The fraction of sp³-hybridized carbons (Fsp3) is 0.375. The number of hydrogen-bond acceptors (Lipinski definition) is 3. The predicted molar refractivity (Wildman–Crippen MR) is 59.5 cm³/mol. The fourth-order valence-corrected chi connectivity index (χ4v) is 3.53. The first-order chi connectivity index (χ1) is 6.09. The van der Waals surface area contributed by atoms with Crippen LogP contribution in [0.3, 0.4) is 0 Å². The van der Waals surface area contributed by atoms with Gasteiger partial charge in [0.25, 0.3) is 0 Å². The van der Waals surface area contributed by atoms with Crippen LogP contribution in [0.15, 0.2) is 20.1 Å². The first-order valence-corrected chi connectivity index (χ1v) is 6.30. The monoisotopic (exact) mass is 280 g/mol.